The number of hydrogen-bond acceptors (Lipinski definition) is 11. The average molecular weight is 670 g/mol. The second-order valence-corrected chi connectivity index (χ2v) is 10.7. The predicted molar refractivity (Wildman–Crippen MR) is 184 cm³/mol. The molecule has 0 fully saturated rings. The summed E-state index contributed by atoms with van der Waals surface area (Å²) < 4.78 is 21.6. The van der Waals surface area contributed by atoms with Gasteiger partial charge in [0, 0.05) is 43.8 Å². The second kappa shape index (κ2) is 21.4. The van der Waals surface area contributed by atoms with Crippen LogP contribution in [0.3, 0.4) is 0 Å². The van der Waals surface area contributed by atoms with Gasteiger partial charge in [-0.15, -0.1) is 0 Å². The molecular weight excluding hydrogens is 618 g/mol. The molecule has 0 bridgehead atoms. The normalized spacial score (nSPS) is 16.6. The van der Waals surface area contributed by atoms with E-state index in [0.717, 1.165) is 16.8 Å². The Hall–Kier alpha value is -4.47. The van der Waals surface area contributed by atoms with E-state index in [4.69, 9.17) is 36.3 Å². The number of hydrazine groups is 1. The van der Waals surface area contributed by atoms with Gasteiger partial charge in [0.1, 0.15) is 6.04 Å². The van der Waals surface area contributed by atoms with Gasteiger partial charge < -0.3 is 51.0 Å². The molecule has 264 valence electrons. The number of primary amides is 1. The van der Waals surface area contributed by atoms with Crippen molar-refractivity contribution < 1.29 is 33.3 Å². The van der Waals surface area contributed by atoms with Crippen molar-refractivity contribution in [2.75, 3.05) is 67.0 Å². The summed E-state index contributed by atoms with van der Waals surface area (Å²) in [4.78, 5) is 38.3. The van der Waals surface area contributed by atoms with Gasteiger partial charge in [-0.1, -0.05) is 50.1 Å². The minimum Gasteiger partial charge on any atom is -0.396 e. The molecule has 1 aliphatic rings. The molecule has 1 heterocycles. The topological polar surface area (TPSA) is 197 Å². The molecule has 8 N–H and O–H groups in total. The third-order valence-corrected chi connectivity index (χ3v) is 7.40. The van der Waals surface area contributed by atoms with E-state index in [1.54, 1.807) is 29.1 Å². The number of carbonyl (C=O) groups excluding carboxylic acids is 3. The number of hydrogen-bond donors (Lipinski definition) is 5. The number of benzene rings is 1. The molecular formula is C34H51N7O7. The maximum absolute atomic E-state index is 13.4. The van der Waals surface area contributed by atoms with E-state index >= 15 is 0 Å². The Kier molecular flexibility index (Phi) is 17.7. The summed E-state index contributed by atoms with van der Waals surface area (Å²) in [5, 5.41) is 7.01. The molecule has 14 heteroatoms. The molecule has 0 saturated carbocycles. The SMILES string of the molecule is C=CC1=C(\C=C)N(C(=O)CCC(=C)NC)Cc2ccccc2/C(N(N)CCOCCOCCOCCC(=O)NC(COC)C(N)=O)=C\1N. The van der Waals surface area contributed by atoms with Crippen molar-refractivity contribution in [3.05, 3.63) is 89.9 Å². The van der Waals surface area contributed by atoms with Crippen molar-refractivity contribution in [3.8, 4) is 0 Å². The number of methoxy groups -OCH3 is 1. The lowest BCUT2D eigenvalue weighted by Gasteiger charge is -2.33. The van der Waals surface area contributed by atoms with E-state index in [1.807, 2.05) is 24.3 Å². The van der Waals surface area contributed by atoms with Crippen molar-refractivity contribution in [1.82, 2.24) is 20.5 Å². The van der Waals surface area contributed by atoms with Crippen molar-refractivity contribution >= 4 is 23.4 Å². The third-order valence-electron chi connectivity index (χ3n) is 7.40. The van der Waals surface area contributed by atoms with Crippen LogP contribution in [0.5, 0.6) is 0 Å². The van der Waals surface area contributed by atoms with Crippen molar-refractivity contribution in [2.24, 2.45) is 17.3 Å². The van der Waals surface area contributed by atoms with Gasteiger partial charge in [-0.25, -0.2) is 5.84 Å². The monoisotopic (exact) mass is 669 g/mol. The van der Waals surface area contributed by atoms with Gasteiger partial charge in [-0.05, 0) is 18.1 Å². The van der Waals surface area contributed by atoms with Gasteiger partial charge in [0.15, 0.2) is 0 Å². The lowest BCUT2D eigenvalue weighted by molar-refractivity contribution is -0.129. The zero-order valence-electron chi connectivity index (χ0n) is 28.1. The number of nitrogens with zero attached hydrogens (tertiary/aromatic N) is 2. The summed E-state index contributed by atoms with van der Waals surface area (Å²) in [5.41, 5.74) is 16.5. The van der Waals surface area contributed by atoms with Crippen molar-refractivity contribution in [1.29, 1.82) is 0 Å². The molecule has 1 aromatic carbocycles. The first-order chi connectivity index (χ1) is 23.1. The van der Waals surface area contributed by atoms with Crippen LogP contribution in [-0.2, 0) is 39.9 Å². The number of carbonyl (C=O) groups is 3. The van der Waals surface area contributed by atoms with Crippen LogP contribution in [0.2, 0.25) is 0 Å². The van der Waals surface area contributed by atoms with Crippen molar-refractivity contribution in [3.63, 3.8) is 0 Å². The second-order valence-electron chi connectivity index (χ2n) is 10.7. The quantitative estimate of drug-likeness (QED) is 0.0634. The summed E-state index contributed by atoms with van der Waals surface area (Å²) >= 11 is 0. The first-order valence-corrected chi connectivity index (χ1v) is 15.7. The van der Waals surface area contributed by atoms with Crippen LogP contribution in [-0.4, -0.2) is 101 Å². The van der Waals surface area contributed by atoms with Gasteiger partial charge in [0.25, 0.3) is 0 Å². The highest BCUT2D eigenvalue weighted by molar-refractivity contribution is 5.86. The van der Waals surface area contributed by atoms with Crippen LogP contribution in [0.1, 0.15) is 30.4 Å². The number of nitrogens with one attached hydrogen (secondary N) is 2. The number of amides is 3. The van der Waals surface area contributed by atoms with Gasteiger partial charge in [-0.3, -0.25) is 14.4 Å². The maximum atomic E-state index is 13.4. The summed E-state index contributed by atoms with van der Waals surface area (Å²) in [7, 11) is 3.19. The molecule has 0 radical (unpaired) electrons. The minimum absolute atomic E-state index is 0.00251. The standard InChI is InChI=1S/C34H51N7O7/c1-6-26-29(7-2)40(31(43)13-12-24(3)38-4)22-25-10-8-9-11-27(25)33(32(26)35)41(37)15-17-47-19-21-48-20-18-46-16-14-30(42)39-28(23-45-5)34(36)44/h6-11,28,38H,1-3,12-23,35,37H2,4-5H3,(H2,36,44)(H,39,42)/b29-26-,33-32-. The zero-order valence-corrected chi connectivity index (χ0v) is 28.1. The minimum atomic E-state index is -0.881. The Morgan fingerprint density at radius 2 is 1.65 bits per heavy atom. The molecule has 1 atom stereocenters. The molecule has 0 aromatic heterocycles. The van der Waals surface area contributed by atoms with Crippen molar-refractivity contribution in [2.45, 2.75) is 31.8 Å². The Bertz CT molecular complexity index is 1340. The molecule has 1 unspecified atom stereocenters. The number of rotatable bonds is 23. The summed E-state index contributed by atoms with van der Waals surface area (Å²) in [6.45, 7) is 14.2. The Balaban J connectivity index is 1.92. The van der Waals surface area contributed by atoms with Gasteiger partial charge in [-0.2, -0.15) is 0 Å². The number of fused-ring (bicyclic) bond motifs is 1. The number of nitrogens with two attached hydrogens (primary N) is 3. The lowest BCUT2D eigenvalue weighted by Crippen LogP contribution is -2.47. The number of ether oxygens (including phenoxy) is 4. The molecule has 1 aliphatic heterocycles. The first-order valence-electron chi connectivity index (χ1n) is 15.7. The average Bonchev–Trinajstić information content (AvgIpc) is 3.07. The fourth-order valence-corrected chi connectivity index (χ4v) is 4.79. The van der Waals surface area contributed by atoms with E-state index in [2.05, 4.69) is 30.4 Å². The Labute approximate surface area is 283 Å². The van der Waals surface area contributed by atoms with E-state index < -0.39 is 11.9 Å². The summed E-state index contributed by atoms with van der Waals surface area (Å²) in [6, 6.07) is 6.78. The molecule has 2 rings (SSSR count). The maximum Gasteiger partial charge on any atom is 0.242 e. The molecule has 0 aliphatic carbocycles. The Morgan fingerprint density at radius 3 is 2.25 bits per heavy atom. The molecule has 0 saturated heterocycles. The van der Waals surface area contributed by atoms with Gasteiger partial charge in [0.05, 0.1) is 76.4 Å². The van der Waals surface area contributed by atoms with Gasteiger partial charge >= 0.3 is 0 Å². The smallest absolute Gasteiger partial charge is 0.242 e. The zero-order chi connectivity index (χ0) is 35.5. The molecule has 14 nitrogen and oxygen atoms in total. The summed E-state index contributed by atoms with van der Waals surface area (Å²) in [5.74, 6) is 5.46. The van der Waals surface area contributed by atoms with Crippen LogP contribution in [0, 0.1) is 0 Å². The molecule has 0 spiro atoms. The van der Waals surface area contributed by atoms with Gasteiger partial charge in [0.2, 0.25) is 17.7 Å². The first kappa shape index (κ1) is 39.7. The van der Waals surface area contributed by atoms with Crippen LogP contribution in [0.15, 0.2) is 78.8 Å². The highest BCUT2D eigenvalue weighted by Gasteiger charge is 2.27. The van der Waals surface area contributed by atoms with Crippen LogP contribution in [0.25, 0.3) is 5.70 Å². The largest absolute Gasteiger partial charge is 0.396 e. The fourth-order valence-electron chi connectivity index (χ4n) is 4.79. The van der Waals surface area contributed by atoms with E-state index in [-0.39, 0.29) is 44.5 Å². The lowest BCUT2D eigenvalue weighted by atomic mass is 9.95. The van der Waals surface area contributed by atoms with Crippen LogP contribution < -0.4 is 27.9 Å². The number of allylic oxidation sites excluding steroid dienone is 3. The Morgan fingerprint density at radius 1 is 1.00 bits per heavy atom. The molecule has 48 heavy (non-hydrogen) atoms. The molecule has 1 aromatic rings. The van der Waals surface area contributed by atoms with E-state index in [9.17, 15) is 14.4 Å². The highest BCUT2D eigenvalue weighted by atomic mass is 16.5. The predicted octanol–water partition coefficient (Wildman–Crippen LogP) is 1.03. The van der Waals surface area contributed by atoms with E-state index in [1.165, 1.54) is 7.11 Å². The highest BCUT2D eigenvalue weighted by Crippen LogP contribution is 2.33. The fraction of sp³-hybridized carbons (Fsp3) is 0.441. The molecule has 3 amide bonds. The summed E-state index contributed by atoms with van der Waals surface area (Å²) in [6.07, 6.45) is 4.03. The third kappa shape index (κ3) is 12.3. The van der Waals surface area contributed by atoms with Crippen LogP contribution in [0.4, 0.5) is 0 Å². The van der Waals surface area contributed by atoms with E-state index in [0.29, 0.717) is 68.6 Å². The van der Waals surface area contributed by atoms with Crippen LogP contribution >= 0.6 is 0 Å².